The minimum absolute atomic E-state index is 0.0511. The summed E-state index contributed by atoms with van der Waals surface area (Å²) in [5.41, 5.74) is 1.68. The van der Waals surface area contributed by atoms with E-state index in [1.54, 1.807) is 29.2 Å². The summed E-state index contributed by atoms with van der Waals surface area (Å²) in [6.45, 7) is 2.98. The van der Waals surface area contributed by atoms with E-state index in [1.807, 2.05) is 31.2 Å². The van der Waals surface area contributed by atoms with Gasteiger partial charge in [0.15, 0.2) is 5.78 Å². The van der Waals surface area contributed by atoms with Crippen molar-refractivity contribution < 1.29 is 14.3 Å². The van der Waals surface area contributed by atoms with Crippen molar-refractivity contribution in [2.75, 3.05) is 13.1 Å². The molecular weight excluding hydrogens is 409 g/mol. The van der Waals surface area contributed by atoms with Crippen LogP contribution in [0.2, 0.25) is 10.0 Å². The van der Waals surface area contributed by atoms with Crippen LogP contribution in [0.4, 0.5) is 0 Å². The number of halogens is 2. The smallest absolute Gasteiger partial charge is 0.246 e. The summed E-state index contributed by atoms with van der Waals surface area (Å²) in [5.74, 6) is 0.615. The number of hydrogen-bond acceptors (Lipinski definition) is 3. The summed E-state index contributed by atoms with van der Waals surface area (Å²) >= 11 is 12.2. The van der Waals surface area contributed by atoms with E-state index >= 15 is 0 Å². The highest BCUT2D eigenvalue weighted by Crippen LogP contribution is 2.42. The second-order valence-corrected chi connectivity index (χ2v) is 8.51. The second kappa shape index (κ2) is 7.85. The van der Waals surface area contributed by atoms with Crippen LogP contribution in [0.1, 0.15) is 40.7 Å². The van der Waals surface area contributed by atoms with Crippen LogP contribution < -0.4 is 4.74 Å². The van der Waals surface area contributed by atoms with Crippen molar-refractivity contribution in [1.29, 1.82) is 0 Å². The number of ether oxygens (including phenoxy) is 1. The third kappa shape index (κ3) is 4.05. The van der Waals surface area contributed by atoms with E-state index in [1.165, 1.54) is 0 Å². The zero-order valence-corrected chi connectivity index (χ0v) is 17.6. The van der Waals surface area contributed by atoms with E-state index in [4.69, 9.17) is 27.9 Å². The molecule has 1 spiro atoms. The van der Waals surface area contributed by atoms with Crippen molar-refractivity contribution in [2.24, 2.45) is 0 Å². The number of likely N-dealkylation sites (tertiary alicyclic amines) is 1. The molecule has 4 rings (SSSR count). The zero-order valence-electron chi connectivity index (χ0n) is 16.1. The molecule has 1 amide bonds. The molecule has 0 unspecified atom stereocenters. The maximum Gasteiger partial charge on any atom is 0.246 e. The Morgan fingerprint density at radius 3 is 2.62 bits per heavy atom. The summed E-state index contributed by atoms with van der Waals surface area (Å²) in [7, 11) is 0. The van der Waals surface area contributed by atoms with Crippen molar-refractivity contribution in [2.45, 2.75) is 31.8 Å². The predicted molar refractivity (Wildman–Crippen MR) is 115 cm³/mol. The third-order valence-corrected chi connectivity index (χ3v) is 6.20. The monoisotopic (exact) mass is 429 g/mol. The van der Waals surface area contributed by atoms with Crippen LogP contribution in [0, 0.1) is 6.92 Å². The lowest BCUT2D eigenvalue weighted by Crippen LogP contribution is -2.52. The van der Waals surface area contributed by atoms with Gasteiger partial charge in [-0.15, -0.1) is 0 Å². The van der Waals surface area contributed by atoms with Gasteiger partial charge in [0.25, 0.3) is 0 Å². The van der Waals surface area contributed by atoms with Crippen molar-refractivity contribution >= 4 is 41.0 Å². The second-order valence-electron chi connectivity index (χ2n) is 7.66. The first-order valence-electron chi connectivity index (χ1n) is 9.61. The van der Waals surface area contributed by atoms with Crippen LogP contribution in [-0.2, 0) is 4.79 Å². The molecule has 6 heteroatoms. The Bertz CT molecular complexity index is 1010. The topological polar surface area (TPSA) is 46.6 Å². The quantitative estimate of drug-likeness (QED) is 0.605. The number of amides is 1. The molecule has 4 nitrogen and oxygen atoms in total. The van der Waals surface area contributed by atoms with Crippen LogP contribution in [0.5, 0.6) is 5.75 Å². The molecule has 1 fully saturated rings. The summed E-state index contributed by atoms with van der Waals surface area (Å²) in [6, 6.07) is 10.9. The first kappa shape index (κ1) is 20.0. The number of benzene rings is 2. The van der Waals surface area contributed by atoms with E-state index in [9.17, 15) is 9.59 Å². The van der Waals surface area contributed by atoms with Gasteiger partial charge in [0.1, 0.15) is 11.4 Å². The maximum absolute atomic E-state index is 12.7. The van der Waals surface area contributed by atoms with Crippen LogP contribution >= 0.6 is 23.2 Å². The Kier molecular flexibility index (Phi) is 5.41. The van der Waals surface area contributed by atoms with E-state index in [0.29, 0.717) is 53.7 Å². The number of ketones is 1. The molecule has 150 valence electrons. The van der Waals surface area contributed by atoms with Gasteiger partial charge < -0.3 is 9.64 Å². The van der Waals surface area contributed by atoms with Gasteiger partial charge in [0, 0.05) is 42.1 Å². The number of Topliss-reactive ketones (excluding diaryl/α,β-unsaturated/α-hetero) is 1. The van der Waals surface area contributed by atoms with E-state index in [-0.39, 0.29) is 11.7 Å². The van der Waals surface area contributed by atoms with E-state index < -0.39 is 5.60 Å². The Labute approximate surface area is 180 Å². The SMILES string of the molecule is Cc1cc(Cl)cc2c1OC1(CCN(C(=O)/C=C/c3ccccc3Cl)CC1)CC2=O. The number of fused-ring (bicyclic) bond motifs is 1. The molecule has 2 aliphatic rings. The van der Waals surface area contributed by atoms with Crippen LogP contribution in [0.3, 0.4) is 0 Å². The van der Waals surface area contributed by atoms with Gasteiger partial charge in [-0.25, -0.2) is 0 Å². The third-order valence-electron chi connectivity index (χ3n) is 5.64. The van der Waals surface area contributed by atoms with Crippen LogP contribution in [0.15, 0.2) is 42.5 Å². The number of rotatable bonds is 2. The summed E-state index contributed by atoms with van der Waals surface area (Å²) in [5, 5.41) is 1.15. The first-order chi connectivity index (χ1) is 13.9. The summed E-state index contributed by atoms with van der Waals surface area (Å²) < 4.78 is 6.34. The fourth-order valence-electron chi connectivity index (χ4n) is 4.00. The highest BCUT2D eigenvalue weighted by Gasteiger charge is 2.44. The molecule has 2 heterocycles. The van der Waals surface area contributed by atoms with Gasteiger partial charge in [-0.1, -0.05) is 41.4 Å². The van der Waals surface area contributed by atoms with Crippen molar-refractivity contribution in [1.82, 2.24) is 4.90 Å². The molecule has 0 saturated carbocycles. The number of nitrogens with zero attached hydrogens (tertiary/aromatic N) is 1. The molecule has 2 aromatic rings. The number of carbonyl (C=O) groups is 2. The number of hydrogen-bond donors (Lipinski definition) is 0. The molecular formula is C23H21Cl2NO3. The molecule has 0 N–H and O–H groups in total. The molecule has 0 aliphatic carbocycles. The number of carbonyl (C=O) groups excluding carboxylic acids is 2. The Morgan fingerprint density at radius 1 is 1.17 bits per heavy atom. The van der Waals surface area contributed by atoms with Crippen LogP contribution in [-0.4, -0.2) is 35.3 Å². The van der Waals surface area contributed by atoms with Crippen LogP contribution in [0.25, 0.3) is 6.08 Å². The maximum atomic E-state index is 12.7. The standard InChI is InChI=1S/C23H21Cl2NO3/c1-15-12-17(24)13-18-20(27)14-23(29-22(15)18)8-10-26(11-9-23)21(28)7-6-16-4-2-3-5-19(16)25/h2-7,12-13H,8-11,14H2,1H3/b7-6+. The van der Waals surface area contributed by atoms with Gasteiger partial charge in [0.2, 0.25) is 5.91 Å². The van der Waals surface area contributed by atoms with Crippen molar-refractivity contribution in [3.63, 3.8) is 0 Å². The number of piperidine rings is 1. The molecule has 0 aromatic heterocycles. The van der Waals surface area contributed by atoms with Gasteiger partial charge in [0.05, 0.1) is 12.0 Å². The molecule has 29 heavy (non-hydrogen) atoms. The average molecular weight is 430 g/mol. The minimum Gasteiger partial charge on any atom is -0.486 e. The Morgan fingerprint density at radius 2 is 1.90 bits per heavy atom. The average Bonchev–Trinajstić information content (AvgIpc) is 2.69. The summed E-state index contributed by atoms with van der Waals surface area (Å²) in [4.78, 5) is 27.1. The fourth-order valence-corrected chi connectivity index (χ4v) is 4.47. The van der Waals surface area contributed by atoms with Gasteiger partial charge in [-0.2, -0.15) is 0 Å². The van der Waals surface area contributed by atoms with E-state index in [2.05, 4.69) is 0 Å². The predicted octanol–water partition coefficient (Wildman–Crippen LogP) is 5.34. The van der Waals surface area contributed by atoms with Crippen molar-refractivity contribution in [3.8, 4) is 5.75 Å². The molecule has 1 saturated heterocycles. The molecule has 2 aromatic carbocycles. The lowest BCUT2D eigenvalue weighted by molar-refractivity contribution is -0.129. The Balaban J connectivity index is 1.45. The normalized spacial score (nSPS) is 18.0. The first-order valence-corrected chi connectivity index (χ1v) is 10.4. The molecule has 2 aliphatic heterocycles. The lowest BCUT2D eigenvalue weighted by Gasteiger charge is -2.44. The minimum atomic E-state index is -0.550. The fraction of sp³-hybridized carbons (Fsp3) is 0.304. The van der Waals surface area contributed by atoms with Crippen molar-refractivity contribution in [3.05, 3.63) is 69.2 Å². The zero-order chi connectivity index (χ0) is 20.6. The lowest BCUT2D eigenvalue weighted by atomic mass is 9.82. The highest BCUT2D eigenvalue weighted by molar-refractivity contribution is 6.32. The molecule has 0 radical (unpaired) electrons. The number of aryl methyl sites for hydroxylation is 1. The molecule has 0 bridgehead atoms. The van der Waals surface area contributed by atoms with E-state index in [0.717, 1.165) is 11.1 Å². The van der Waals surface area contributed by atoms with Gasteiger partial charge in [-0.3, -0.25) is 9.59 Å². The van der Waals surface area contributed by atoms with Gasteiger partial charge >= 0.3 is 0 Å². The molecule has 0 atom stereocenters. The Hall–Kier alpha value is -2.30. The largest absolute Gasteiger partial charge is 0.486 e. The summed E-state index contributed by atoms with van der Waals surface area (Å²) in [6.07, 6.45) is 4.83. The highest BCUT2D eigenvalue weighted by atomic mass is 35.5. The van der Waals surface area contributed by atoms with Gasteiger partial charge in [-0.05, 0) is 42.3 Å².